The number of Topliss-reactive ketones (excluding diaryl/α,β-unsaturated/α-hetero) is 1. The van der Waals surface area contributed by atoms with Crippen LogP contribution in [0.2, 0.25) is 0 Å². The number of anilines is 1. The molecule has 1 aromatic rings. The lowest BCUT2D eigenvalue weighted by Crippen LogP contribution is -2.43. The van der Waals surface area contributed by atoms with E-state index >= 15 is 0 Å². The Balaban J connectivity index is 2.23. The third kappa shape index (κ3) is 2.38. The third-order valence-corrected chi connectivity index (χ3v) is 3.28. The van der Waals surface area contributed by atoms with Gasteiger partial charge in [0.15, 0.2) is 0 Å². The summed E-state index contributed by atoms with van der Waals surface area (Å²) < 4.78 is 0. The summed E-state index contributed by atoms with van der Waals surface area (Å²) in [4.78, 5) is 25.3. The van der Waals surface area contributed by atoms with E-state index in [1.54, 1.807) is 4.90 Å². The molecule has 90 valence electrons. The summed E-state index contributed by atoms with van der Waals surface area (Å²) in [5.41, 5.74) is 2.06. The molecule has 1 heterocycles. The van der Waals surface area contributed by atoms with E-state index in [-0.39, 0.29) is 11.7 Å². The smallest absolute Gasteiger partial charge is 0.237 e. The monoisotopic (exact) mass is 231 g/mol. The predicted octanol–water partition coefficient (Wildman–Crippen LogP) is 2.33. The molecule has 0 aliphatic carbocycles. The minimum Gasteiger partial charge on any atom is -0.312 e. The average Bonchev–Trinajstić information content (AvgIpc) is 2.30. The summed E-state index contributed by atoms with van der Waals surface area (Å²) in [6.07, 6.45) is 1.58. The van der Waals surface area contributed by atoms with E-state index in [0.29, 0.717) is 13.0 Å². The molecule has 2 rings (SSSR count). The van der Waals surface area contributed by atoms with E-state index < -0.39 is 5.92 Å². The molecule has 0 aromatic heterocycles. The zero-order valence-corrected chi connectivity index (χ0v) is 10.3. The zero-order valence-electron chi connectivity index (χ0n) is 10.3. The van der Waals surface area contributed by atoms with Crippen LogP contribution in [0.25, 0.3) is 0 Å². The highest BCUT2D eigenvalue weighted by Crippen LogP contribution is 2.25. The van der Waals surface area contributed by atoms with Crippen LogP contribution in [-0.2, 0) is 9.59 Å². The Morgan fingerprint density at radius 1 is 1.29 bits per heavy atom. The Morgan fingerprint density at radius 2 is 1.94 bits per heavy atom. The summed E-state index contributed by atoms with van der Waals surface area (Å²) in [6.45, 7) is 4.23. The Morgan fingerprint density at radius 3 is 2.53 bits per heavy atom. The third-order valence-electron chi connectivity index (χ3n) is 3.28. The summed E-state index contributed by atoms with van der Waals surface area (Å²) in [6, 6.07) is 7.85. The summed E-state index contributed by atoms with van der Waals surface area (Å²) >= 11 is 0. The SMILES string of the molecule is CC(=O)C1CCCN(c2ccc(C)cc2)C1=O. The van der Waals surface area contributed by atoms with Crippen LogP contribution in [0.4, 0.5) is 5.69 Å². The van der Waals surface area contributed by atoms with Crippen molar-refractivity contribution in [2.75, 3.05) is 11.4 Å². The molecule has 1 aliphatic heterocycles. The molecule has 0 bridgehead atoms. The van der Waals surface area contributed by atoms with Crippen LogP contribution in [0, 0.1) is 12.8 Å². The van der Waals surface area contributed by atoms with Crippen LogP contribution < -0.4 is 4.90 Å². The number of ketones is 1. The molecule has 1 unspecified atom stereocenters. The second kappa shape index (κ2) is 4.70. The lowest BCUT2D eigenvalue weighted by Gasteiger charge is -2.31. The average molecular weight is 231 g/mol. The standard InChI is InChI=1S/C14H17NO2/c1-10-5-7-12(8-6-10)15-9-3-4-13(11(2)16)14(15)17/h5-8,13H,3-4,9H2,1-2H3. The van der Waals surface area contributed by atoms with Crippen LogP contribution in [0.3, 0.4) is 0 Å². The molecule has 0 saturated carbocycles. The van der Waals surface area contributed by atoms with Gasteiger partial charge in [0.05, 0.1) is 5.92 Å². The number of carbonyl (C=O) groups excluding carboxylic acids is 2. The molecule has 1 fully saturated rings. The van der Waals surface area contributed by atoms with E-state index in [4.69, 9.17) is 0 Å². The number of piperidine rings is 1. The van der Waals surface area contributed by atoms with E-state index in [1.807, 2.05) is 31.2 Å². The lowest BCUT2D eigenvalue weighted by atomic mass is 9.93. The number of amides is 1. The molecule has 0 spiro atoms. The van der Waals surface area contributed by atoms with Crippen LogP contribution in [-0.4, -0.2) is 18.2 Å². The van der Waals surface area contributed by atoms with Crippen molar-refractivity contribution in [1.82, 2.24) is 0 Å². The minimum absolute atomic E-state index is 0.0215. The minimum atomic E-state index is -0.440. The van der Waals surface area contributed by atoms with Gasteiger partial charge in [0.1, 0.15) is 5.78 Å². The van der Waals surface area contributed by atoms with Crippen molar-refractivity contribution in [3.05, 3.63) is 29.8 Å². The Hall–Kier alpha value is -1.64. The fourth-order valence-electron chi connectivity index (χ4n) is 2.23. The van der Waals surface area contributed by atoms with E-state index in [1.165, 1.54) is 12.5 Å². The Kier molecular flexibility index (Phi) is 3.27. The van der Waals surface area contributed by atoms with Crippen molar-refractivity contribution in [3.63, 3.8) is 0 Å². The maximum absolute atomic E-state index is 12.2. The molecular formula is C14H17NO2. The Labute approximate surface area is 101 Å². The predicted molar refractivity (Wildman–Crippen MR) is 66.9 cm³/mol. The van der Waals surface area contributed by atoms with Crippen LogP contribution in [0.5, 0.6) is 0 Å². The first kappa shape index (κ1) is 11.8. The maximum Gasteiger partial charge on any atom is 0.237 e. The maximum atomic E-state index is 12.2. The number of carbonyl (C=O) groups is 2. The number of hydrogen-bond donors (Lipinski definition) is 0. The largest absolute Gasteiger partial charge is 0.312 e. The van der Waals surface area contributed by atoms with Gasteiger partial charge in [-0.05, 0) is 38.8 Å². The second-order valence-electron chi connectivity index (χ2n) is 4.63. The number of nitrogens with zero attached hydrogens (tertiary/aromatic N) is 1. The molecule has 3 nitrogen and oxygen atoms in total. The zero-order chi connectivity index (χ0) is 12.4. The van der Waals surface area contributed by atoms with Gasteiger partial charge >= 0.3 is 0 Å². The molecule has 0 N–H and O–H groups in total. The van der Waals surface area contributed by atoms with Crippen LogP contribution in [0.1, 0.15) is 25.3 Å². The highest BCUT2D eigenvalue weighted by atomic mass is 16.2. The second-order valence-corrected chi connectivity index (χ2v) is 4.63. The van der Waals surface area contributed by atoms with E-state index in [9.17, 15) is 9.59 Å². The summed E-state index contributed by atoms with van der Waals surface area (Å²) in [5, 5.41) is 0. The van der Waals surface area contributed by atoms with Crippen molar-refractivity contribution in [2.45, 2.75) is 26.7 Å². The molecule has 0 radical (unpaired) electrons. The number of rotatable bonds is 2. The summed E-state index contributed by atoms with van der Waals surface area (Å²) in [5.74, 6) is -0.510. The molecule has 1 saturated heterocycles. The highest BCUT2D eigenvalue weighted by Gasteiger charge is 2.32. The summed E-state index contributed by atoms with van der Waals surface area (Å²) in [7, 11) is 0. The molecule has 1 aromatic carbocycles. The van der Waals surface area contributed by atoms with Crippen molar-refractivity contribution in [2.24, 2.45) is 5.92 Å². The molecule has 1 atom stereocenters. The van der Waals surface area contributed by atoms with Gasteiger partial charge in [0, 0.05) is 12.2 Å². The molecule has 3 heteroatoms. The van der Waals surface area contributed by atoms with Crippen molar-refractivity contribution in [3.8, 4) is 0 Å². The first-order valence-corrected chi connectivity index (χ1v) is 5.98. The van der Waals surface area contributed by atoms with Gasteiger partial charge in [0.25, 0.3) is 0 Å². The number of hydrogen-bond acceptors (Lipinski definition) is 2. The highest BCUT2D eigenvalue weighted by molar-refractivity contribution is 6.08. The lowest BCUT2D eigenvalue weighted by molar-refractivity contribution is -0.132. The van der Waals surface area contributed by atoms with Gasteiger partial charge in [-0.1, -0.05) is 17.7 Å². The van der Waals surface area contributed by atoms with Gasteiger partial charge in [-0.25, -0.2) is 0 Å². The molecule has 17 heavy (non-hydrogen) atoms. The van der Waals surface area contributed by atoms with Gasteiger partial charge < -0.3 is 4.90 Å². The first-order chi connectivity index (χ1) is 8.09. The molecule has 1 amide bonds. The molecular weight excluding hydrogens is 214 g/mol. The van der Waals surface area contributed by atoms with Crippen molar-refractivity contribution >= 4 is 17.4 Å². The topological polar surface area (TPSA) is 37.4 Å². The number of benzene rings is 1. The van der Waals surface area contributed by atoms with E-state index in [0.717, 1.165) is 12.1 Å². The van der Waals surface area contributed by atoms with E-state index in [2.05, 4.69) is 0 Å². The van der Waals surface area contributed by atoms with Gasteiger partial charge in [-0.15, -0.1) is 0 Å². The van der Waals surface area contributed by atoms with Crippen LogP contribution >= 0.6 is 0 Å². The normalized spacial score (nSPS) is 20.5. The first-order valence-electron chi connectivity index (χ1n) is 5.98. The Bertz CT molecular complexity index is 436. The van der Waals surface area contributed by atoms with Crippen molar-refractivity contribution < 1.29 is 9.59 Å². The van der Waals surface area contributed by atoms with Gasteiger partial charge in [0.2, 0.25) is 5.91 Å². The number of aryl methyl sites for hydroxylation is 1. The van der Waals surface area contributed by atoms with Gasteiger partial charge in [-0.2, -0.15) is 0 Å². The fraction of sp³-hybridized carbons (Fsp3) is 0.429. The van der Waals surface area contributed by atoms with Crippen LogP contribution in [0.15, 0.2) is 24.3 Å². The van der Waals surface area contributed by atoms with Crippen molar-refractivity contribution in [1.29, 1.82) is 0 Å². The fourth-order valence-corrected chi connectivity index (χ4v) is 2.23. The van der Waals surface area contributed by atoms with Gasteiger partial charge in [-0.3, -0.25) is 9.59 Å². The molecule has 1 aliphatic rings. The quantitative estimate of drug-likeness (QED) is 0.732.